The van der Waals surface area contributed by atoms with Crippen molar-refractivity contribution in [3.8, 4) is 0 Å². The van der Waals surface area contributed by atoms with Gasteiger partial charge in [-0.3, -0.25) is 0 Å². The van der Waals surface area contributed by atoms with Gasteiger partial charge in [-0.05, 0) is 44.8 Å². The standard InChI is InChI=1S/C11H24N2/c12-8-2-4-10-13-9-3-1-5-11-6-7-11/h11,13H,1-10,12H2. The van der Waals surface area contributed by atoms with E-state index in [1.165, 1.54) is 45.1 Å². The largest absolute Gasteiger partial charge is 0.330 e. The Morgan fingerprint density at radius 1 is 1.00 bits per heavy atom. The lowest BCUT2D eigenvalue weighted by Crippen LogP contribution is -2.17. The van der Waals surface area contributed by atoms with Gasteiger partial charge in [-0.1, -0.05) is 25.7 Å². The Labute approximate surface area is 82.3 Å². The first-order chi connectivity index (χ1) is 6.43. The van der Waals surface area contributed by atoms with Crippen LogP contribution in [0.2, 0.25) is 0 Å². The molecule has 13 heavy (non-hydrogen) atoms. The third-order valence-electron chi connectivity index (χ3n) is 2.72. The highest BCUT2D eigenvalue weighted by Crippen LogP contribution is 2.33. The summed E-state index contributed by atoms with van der Waals surface area (Å²) < 4.78 is 0. The Hall–Kier alpha value is -0.0800. The zero-order chi connectivity index (χ0) is 9.36. The van der Waals surface area contributed by atoms with Gasteiger partial charge in [0.1, 0.15) is 0 Å². The van der Waals surface area contributed by atoms with Gasteiger partial charge in [-0.2, -0.15) is 0 Å². The summed E-state index contributed by atoms with van der Waals surface area (Å²) in [4.78, 5) is 0. The van der Waals surface area contributed by atoms with Gasteiger partial charge in [0.15, 0.2) is 0 Å². The quantitative estimate of drug-likeness (QED) is 0.537. The highest BCUT2D eigenvalue weighted by Gasteiger charge is 2.19. The molecule has 0 unspecified atom stereocenters. The van der Waals surface area contributed by atoms with Gasteiger partial charge in [0, 0.05) is 0 Å². The van der Waals surface area contributed by atoms with E-state index in [4.69, 9.17) is 5.73 Å². The van der Waals surface area contributed by atoms with Crippen LogP contribution in [0.5, 0.6) is 0 Å². The molecule has 0 heterocycles. The summed E-state index contributed by atoms with van der Waals surface area (Å²) in [5, 5.41) is 3.46. The zero-order valence-electron chi connectivity index (χ0n) is 8.73. The number of nitrogens with one attached hydrogen (secondary N) is 1. The van der Waals surface area contributed by atoms with Crippen LogP contribution < -0.4 is 11.1 Å². The predicted molar refractivity (Wildman–Crippen MR) is 57.7 cm³/mol. The molecule has 0 aromatic heterocycles. The maximum absolute atomic E-state index is 5.40. The molecule has 2 nitrogen and oxygen atoms in total. The van der Waals surface area contributed by atoms with E-state index >= 15 is 0 Å². The van der Waals surface area contributed by atoms with E-state index in [-0.39, 0.29) is 0 Å². The molecule has 0 bridgehead atoms. The molecular formula is C11H24N2. The number of hydrogen-bond donors (Lipinski definition) is 2. The summed E-state index contributed by atoms with van der Waals surface area (Å²) in [5.74, 6) is 1.11. The molecule has 0 aliphatic heterocycles. The molecule has 1 fully saturated rings. The Balaban J connectivity index is 1.63. The van der Waals surface area contributed by atoms with Crippen molar-refractivity contribution in [2.75, 3.05) is 19.6 Å². The van der Waals surface area contributed by atoms with Crippen LogP contribution in [0.25, 0.3) is 0 Å². The summed E-state index contributed by atoms with van der Waals surface area (Å²) in [6, 6.07) is 0. The fraction of sp³-hybridized carbons (Fsp3) is 1.00. The van der Waals surface area contributed by atoms with Crippen LogP contribution in [-0.2, 0) is 0 Å². The van der Waals surface area contributed by atoms with Crippen LogP contribution in [0.4, 0.5) is 0 Å². The second kappa shape index (κ2) is 7.34. The third-order valence-corrected chi connectivity index (χ3v) is 2.72. The Morgan fingerprint density at radius 2 is 1.69 bits per heavy atom. The number of nitrogens with two attached hydrogens (primary N) is 1. The molecule has 0 amide bonds. The van der Waals surface area contributed by atoms with Gasteiger partial charge in [0.25, 0.3) is 0 Å². The molecule has 0 saturated heterocycles. The third kappa shape index (κ3) is 7.03. The van der Waals surface area contributed by atoms with Gasteiger partial charge in [-0.25, -0.2) is 0 Å². The maximum Gasteiger partial charge on any atom is -0.00484 e. The van der Waals surface area contributed by atoms with E-state index < -0.39 is 0 Å². The lowest BCUT2D eigenvalue weighted by molar-refractivity contribution is 0.564. The second-order valence-corrected chi connectivity index (χ2v) is 4.18. The summed E-state index contributed by atoms with van der Waals surface area (Å²) in [7, 11) is 0. The van der Waals surface area contributed by atoms with Gasteiger partial charge >= 0.3 is 0 Å². The SMILES string of the molecule is NCCCCNCCCCC1CC1. The minimum atomic E-state index is 0.837. The highest BCUT2D eigenvalue weighted by atomic mass is 14.8. The molecule has 0 aromatic rings. The smallest absolute Gasteiger partial charge is 0.00484 e. The molecular weight excluding hydrogens is 160 g/mol. The summed E-state index contributed by atoms with van der Waals surface area (Å²) in [5.41, 5.74) is 5.40. The molecule has 0 spiro atoms. The van der Waals surface area contributed by atoms with Crippen molar-refractivity contribution in [2.24, 2.45) is 11.7 Å². The fourth-order valence-corrected chi connectivity index (χ4v) is 1.61. The van der Waals surface area contributed by atoms with Crippen molar-refractivity contribution in [1.82, 2.24) is 5.32 Å². The minimum absolute atomic E-state index is 0.837. The summed E-state index contributed by atoms with van der Waals surface area (Å²) >= 11 is 0. The first-order valence-electron chi connectivity index (χ1n) is 5.84. The minimum Gasteiger partial charge on any atom is -0.330 e. The van der Waals surface area contributed by atoms with Crippen molar-refractivity contribution in [3.05, 3.63) is 0 Å². The van der Waals surface area contributed by atoms with E-state index in [2.05, 4.69) is 5.32 Å². The Bertz CT molecular complexity index is 111. The van der Waals surface area contributed by atoms with E-state index in [9.17, 15) is 0 Å². The molecule has 2 heteroatoms. The van der Waals surface area contributed by atoms with Crippen LogP contribution in [0, 0.1) is 5.92 Å². The van der Waals surface area contributed by atoms with Crippen molar-refractivity contribution in [1.29, 1.82) is 0 Å². The normalized spacial score (nSPS) is 16.4. The zero-order valence-corrected chi connectivity index (χ0v) is 8.73. The van der Waals surface area contributed by atoms with Gasteiger partial charge < -0.3 is 11.1 Å². The maximum atomic E-state index is 5.40. The van der Waals surface area contributed by atoms with Crippen LogP contribution in [0.3, 0.4) is 0 Å². The lowest BCUT2D eigenvalue weighted by atomic mass is 10.2. The van der Waals surface area contributed by atoms with Crippen LogP contribution >= 0.6 is 0 Å². The number of unbranched alkanes of at least 4 members (excludes halogenated alkanes) is 2. The number of rotatable bonds is 9. The Kier molecular flexibility index (Phi) is 6.21. The van der Waals surface area contributed by atoms with Crippen LogP contribution in [-0.4, -0.2) is 19.6 Å². The van der Waals surface area contributed by atoms with E-state index in [1.54, 1.807) is 0 Å². The molecule has 1 aliphatic rings. The molecule has 0 radical (unpaired) electrons. The average molecular weight is 184 g/mol. The molecule has 0 atom stereocenters. The van der Waals surface area contributed by atoms with Crippen molar-refractivity contribution in [2.45, 2.75) is 44.9 Å². The first-order valence-corrected chi connectivity index (χ1v) is 5.84. The fourth-order valence-electron chi connectivity index (χ4n) is 1.61. The highest BCUT2D eigenvalue weighted by molar-refractivity contribution is 4.72. The van der Waals surface area contributed by atoms with Gasteiger partial charge in [-0.15, -0.1) is 0 Å². The van der Waals surface area contributed by atoms with Crippen molar-refractivity contribution in [3.63, 3.8) is 0 Å². The topological polar surface area (TPSA) is 38.0 Å². The predicted octanol–water partition coefficient (Wildman–Crippen LogP) is 1.90. The van der Waals surface area contributed by atoms with Crippen molar-refractivity contribution < 1.29 is 0 Å². The van der Waals surface area contributed by atoms with Gasteiger partial charge in [0.05, 0.1) is 0 Å². The number of hydrogen-bond acceptors (Lipinski definition) is 2. The van der Waals surface area contributed by atoms with E-state index in [1.807, 2.05) is 0 Å². The van der Waals surface area contributed by atoms with Gasteiger partial charge in [0.2, 0.25) is 0 Å². The summed E-state index contributed by atoms with van der Waals surface area (Å²) in [6.07, 6.45) is 9.67. The van der Waals surface area contributed by atoms with Crippen LogP contribution in [0.1, 0.15) is 44.9 Å². The molecule has 1 aliphatic carbocycles. The first kappa shape index (κ1) is 11.0. The average Bonchev–Trinajstić information content (AvgIpc) is 2.93. The van der Waals surface area contributed by atoms with E-state index in [0.717, 1.165) is 25.4 Å². The molecule has 3 N–H and O–H groups in total. The summed E-state index contributed by atoms with van der Waals surface area (Å²) in [6.45, 7) is 3.20. The van der Waals surface area contributed by atoms with Crippen molar-refractivity contribution >= 4 is 0 Å². The van der Waals surface area contributed by atoms with E-state index in [0.29, 0.717) is 0 Å². The monoisotopic (exact) mass is 184 g/mol. The lowest BCUT2D eigenvalue weighted by Gasteiger charge is -2.03. The second-order valence-electron chi connectivity index (χ2n) is 4.18. The van der Waals surface area contributed by atoms with Crippen LogP contribution in [0.15, 0.2) is 0 Å². The molecule has 1 saturated carbocycles. The molecule has 78 valence electrons. The molecule has 0 aromatic carbocycles. The molecule has 1 rings (SSSR count). The Morgan fingerprint density at radius 3 is 2.31 bits per heavy atom.